The molecule has 0 aliphatic carbocycles. The van der Waals surface area contributed by atoms with E-state index in [1.54, 1.807) is 12.1 Å². The number of halogens is 2. The fourth-order valence-electron chi connectivity index (χ4n) is 1.04. The number of hydrogen-bond donors (Lipinski definition) is 1. The fourth-order valence-corrected chi connectivity index (χ4v) is 1.75. The second-order valence-electron chi connectivity index (χ2n) is 2.98. The quantitative estimate of drug-likeness (QED) is 0.924. The van der Waals surface area contributed by atoms with E-state index in [1.165, 1.54) is 12.4 Å². The van der Waals surface area contributed by atoms with Crippen molar-refractivity contribution in [2.24, 2.45) is 0 Å². The average molecular weight is 301 g/mol. The van der Waals surface area contributed by atoms with Crippen LogP contribution in [0, 0.1) is 0 Å². The number of ether oxygens (including phenoxy) is 1. The molecular weight excluding hydrogens is 293 g/mol. The Bertz CT molecular complexity index is 504. The molecule has 82 valence electrons. The number of rotatable bonds is 2. The lowest BCUT2D eigenvalue weighted by Crippen LogP contribution is -1.94. The first-order valence-corrected chi connectivity index (χ1v) is 5.52. The van der Waals surface area contributed by atoms with E-state index in [0.29, 0.717) is 16.5 Å². The smallest absolute Gasteiger partial charge is 0.322 e. The van der Waals surface area contributed by atoms with Gasteiger partial charge >= 0.3 is 6.01 Å². The van der Waals surface area contributed by atoms with Crippen LogP contribution in [0.1, 0.15) is 0 Å². The number of nitrogen functional groups attached to an aromatic ring is 1. The van der Waals surface area contributed by atoms with Crippen LogP contribution < -0.4 is 10.5 Å². The summed E-state index contributed by atoms with van der Waals surface area (Å²) in [6.07, 6.45) is 2.93. The highest BCUT2D eigenvalue weighted by Gasteiger charge is 2.05. The zero-order valence-corrected chi connectivity index (χ0v) is 10.4. The van der Waals surface area contributed by atoms with Crippen molar-refractivity contribution in [2.45, 2.75) is 0 Å². The second kappa shape index (κ2) is 4.67. The Hall–Kier alpha value is -1.33. The lowest BCUT2D eigenvalue weighted by atomic mass is 10.3. The maximum absolute atomic E-state index is 5.98. The lowest BCUT2D eigenvalue weighted by molar-refractivity contribution is 0.442. The van der Waals surface area contributed by atoms with Gasteiger partial charge in [0.2, 0.25) is 0 Å². The van der Waals surface area contributed by atoms with Crippen LogP contribution in [0.3, 0.4) is 0 Å². The number of nitrogens with zero attached hydrogens (tertiary/aromatic N) is 2. The van der Waals surface area contributed by atoms with Crippen LogP contribution >= 0.6 is 27.5 Å². The van der Waals surface area contributed by atoms with Gasteiger partial charge in [0.05, 0.1) is 23.1 Å². The number of anilines is 1. The molecule has 16 heavy (non-hydrogen) atoms. The predicted molar refractivity (Wildman–Crippen MR) is 65.7 cm³/mol. The Kier molecular flexibility index (Phi) is 3.26. The minimum atomic E-state index is 0.207. The summed E-state index contributed by atoms with van der Waals surface area (Å²) in [6.45, 7) is 0. The monoisotopic (exact) mass is 299 g/mol. The molecule has 1 heterocycles. The largest absolute Gasteiger partial charge is 0.423 e. The summed E-state index contributed by atoms with van der Waals surface area (Å²) in [5.74, 6) is 0.495. The van der Waals surface area contributed by atoms with Crippen molar-refractivity contribution in [1.82, 2.24) is 9.97 Å². The van der Waals surface area contributed by atoms with Crippen LogP contribution in [0.2, 0.25) is 5.02 Å². The molecule has 0 saturated heterocycles. The third-order valence-corrected chi connectivity index (χ3v) is 2.53. The molecule has 2 rings (SSSR count). The van der Waals surface area contributed by atoms with Gasteiger partial charge in [-0.3, -0.25) is 0 Å². The lowest BCUT2D eigenvalue weighted by Gasteiger charge is -2.05. The van der Waals surface area contributed by atoms with Gasteiger partial charge in [0.1, 0.15) is 5.75 Å². The molecule has 0 spiro atoms. The van der Waals surface area contributed by atoms with Gasteiger partial charge in [-0.25, -0.2) is 9.97 Å². The van der Waals surface area contributed by atoms with Gasteiger partial charge in [-0.1, -0.05) is 27.5 Å². The van der Waals surface area contributed by atoms with E-state index < -0.39 is 0 Å². The molecular formula is C10H7BrClN3O. The van der Waals surface area contributed by atoms with Crippen molar-refractivity contribution in [3.63, 3.8) is 0 Å². The SMILES string of the molecule is Nc1cnc(Oc2ccc(Br)cc2Cl)nc1. The maximum Gasteiger partial charge on any atom is 0.322 e. The van der Waals surface area contributed by atoms with Gasteiger partial charge in [-0.05, 0) is 18.2 Å². The molecule has 6 heteroatoms. The van der Waals surface area contributed by atoms with Crippen LogP contribution in [0.4, 0.5) is 5.69 Å². The third-order valence-electron chi connectivity index (χ3n) is 1.74. The normalized spacial score (nSPS) is 10.1. The standard InChI is InChI=1S/C10H7BrClN3O/c11-6-1-2-9(8(12)3-6)16-10-14-4-7(13)5-15-10/h1-5H,13H2. The number of nitrogens with two attached hydrogens (primary N) is 1. The summed E-state index contributed by atoms with van der Waals surface area (Å²) in [7, 11) is 0. The van der Waals surface area contributed by atoms with Crippen molar-refractivity contribution in [3.8, 4) is 11.8 Å². The Morgan fingerprint density at radius 2 is 1.94 bits per heavy atom. The Morgan fingerprint density at radius 1 is 1.25 bits per heavy atom. The van der Waals surface area contributed by atoms with E-state index in [2.05, 4.69) is 25.9 Å². The third kappa shape index (κ3) is 2.62. The summed E-state index contributed by atoms with van der Waals surface area (Å²) in [5, 5.41) is 0.481. The van der Waals surface area contributed by atoms with Crippen LogP contribution in [0.25, 0.3) is 0 Å². The maximum atomic E-state index is 5.98. The summed E-state index contributed by atoms with van der Waals surface area (Å²) >= 11 is 9.28. The molecule has 1 aromatic heterocycles. The van der Waals surface area contributed by atoms with Gasteiger partial charge in [-0.15, -0.1) is 0 Å². The Morgan fingerprint density at radius 3 is 2.56 bits per heavy atom. The van der Waals surface area contributed by atoms with Gasteiger partial charge in [0, 0.05) is 4.47 Å². The molecule has 1 aromatic carbocycles. The topological polar surface area (TPSA) is 61.0 Å². The molecule has 0 atom stereocenters. The molecule has 0 saturated carbocycles. The molecule has 0 fully saturated rings. The zero-order valence-electron chi connectivity index (χ0n) is 8.02. The summed E-state index contributed by atoms with van der Waals surface area (Å²) < 4.78 is 6.27. The van der Waals surface area contributed by atoms with Gasteiger partial charge in [0.25, 0.3) is 0 Å². The second-order valence-corrected chi connectivity index (χ2v) is 4.30. The predicted octanol–water partition coefficient (Wildman–Crippen LogP) is 3.27. The average Bonchev–Trinajstić information content (AvgIpc) is 2.25. The zero-order chi connectivity index (χ0) is 11.5. The number of hydrogen-bond acceptors (Lipinski definition) is 4. The Labute approximate surface area is 106 Å². The van der Waals surface area contributed by atoms with E-state index >= 15 is 0 Å². The van der Waals surface area contributed by atoms with E-state index in [-0.39, 0.29) is 6.01 Å². The van der Waals surface area contributed by atoms with E-state index in [0.717, 1.165) is 4.47 Å². The molecule has 2 N–H and O–H groups in total. The van der Waals surface area contributed by atoms with Gasteiger partial charge in [0.15, 0.2) is 0 Å². The highest BCUT2D eigenvalue weighted by molar-refractivity contribution is 9.10. The number of benzene rings is 1. The van der Waals surface area contributed by atoms with Crippen molar-refractivity contribution in [3.05, 3.63) is 40.1 Å². The van der Waals surface area contributed by atoms with Crippen molar-refractivity contribution in [1.29, 1.82) is 0 Å². The molecule has 0 aliphatic rings. The van der Waals surface area contributed by atoms with Gasteiger partial charge in [-0.2, -0.15) is 0 Å². The van der Waals surface area contributed by atoms with Crippen molar-refractivity contribution >= 4 is 33.2 Å². The fraction of sp³-hybridized carbons (Fsp3) is 0. The highest BCUT2D eigenvalue weighted by atomic mass is 79.9. The Balaban J connectivity index is 2.23. The summed E-state index contributed by atoms with van der Waals surface area (Å²) in [5.41, 5.74) is 5.94. The summed E-state index contributed by atoms with van der Waals surface area (Å²) in [4.78, 5) is 7.82. The minimum Gasteiger partial charge on any atom is -0.423 e. The first-order valence-electron chi connectivity index (χ1n) is 4.35. The van der Waals surface area contributed by atoms with E-state index in [1.807, 2.05) is 6.07 Å². The van der Waals surface area contributed by atoms with Crippen LogP contribution in [-0.4, -0.2) is 9.97 Å². The van der Waals surface area contributed by atoms with E-state index in [9.17, 15) is 0 Å². The molecule has 0 bridgehead atoms. The molecule has 0 radical (unpaired) electrons. The molecule has 0 unspecified atom stereocenters. The van der Waals surface area contributed by atoms with E-state index in [4.69, 9.17) is 22.1 Å². The van der Waals surface area contributed by atoms with Crippen LogP contribution in [-0.2, 0) is 0 Å². The first-order chi connectivity index (χ1) is 7.65. The molecule has 4 nitrogen and oxygen atoms in total. The molecule has 0 aliphatic heterocycles. The first kappa shape index (κ1) is 11.2. The molecule has 0 amide bonds. The molecule has 2 aromatic rings. The van der Waals surface area contributed by atoms with Crippen LogP contribution in [0.5, 0.6) is 11.8 Å². The van der Waals surface area contributed by atoms with Crippen molar-refractivity contribution in [2.75, 3.05) is 5.73 Å². The van der Waals surface area contributed by atoms with Crippen molar-refractivity contribution < 1.29 is 4.74 Å². The van der Waals surface area contributed by atoms with Crippen LogP contribution in [0.15, 0.2) is 35.1 Å². The highest BCUT2D eigenvalue weighted by Crippen LogP contribution is 2.30. The number of aromatic nitrogens is 2. The minimum absolute atomic E-state index is 0.207. The summed E-state index contributed by atoms with van der Waals surface area (Å²) in [6, 6.07) is 5.48. The van der Waals surface area contributed by atoms with Gasteiger partial charge < -0.3 is 10.5 Å².